The minimum Gasteiger partial charge on any atom is -0.495 e. The molecule has 0 bridgehead atoms. The lowest BCUT2D eigenvalue weighted by molar-refractivity contribution is -0.144. The van der Waals surface area contributed by atoms with Crippen molar-refractivity contribution in [2.75, 3.05) is 25.7 Å². The zero-order valence-electron chi connectivity index (χ0n) is 11.5. The van der Waals surface area contributed by atoms with E-state index in [4.69, 9.17) is 9.47 Å². The smallest absolute Gasteiger partial charge is 0.306 e. The highest BCUT2D eigenvalue weighted by molar-refractivity contribution is 5.95. The Labute approximate surface area is 113 Å². The van der Waals surface area contributed by atoms with E-state index in [0.717, 1.165) is 0 Å². The van der Waals surface area contributed by atoms with Crippen LogP contribution in [-0.4, -0.2) is 32.6 Å². The standard InChI is InChI=1S/C14H19NO4/c1-4-19-14(17)10-9-13(16)15(2)11-7-5-6-8-12(11)18-3/h5-8H,4,9-10H2,1-3H3. The average molecular weight is 265 g/mol. The van der Waals surface area contributed by atoms with Crippen molar-refractivity contribution in [3.63, 3.8) is 0 Å². The van der Waals surface area contributed by atoms with Gasteiger partial charge in [0.25, 0.3) is 0 Å². The Bertz CT molecular complexity index is 445. The maximum atomic E-state index is 12.0. The lowest BCUT2D eigenvalue weighted by Crippen LogP contribution is -2.27. The van der Waals surface area contributed by atoms with Crippen LogP contribution in [0.25, 0.3) is 0 Å². The summed E-state index contributed by atoms with van der Waals surface area (Å²) in [6.45, 7) is 2.07. The summed E-state index contributed by atoms with van der Waals surface area (Å²) in [7, 11) is 3.21. The van der Waals surface area contributed by atoms with Gasteiger partial charge in [0.1, 0.15) is 5.75 Å². The first-order chi connectivity index (χ1) is 9.10. The van der Waals surface area contributed by atoms with Gasteiger partial charge in [0.05, 0.1) is 25.8 Å². The van der Waals surface area contributed by atoms with Crippen molar-refractivity contribution < 1.29 is 19.1 Å². The molecule has 0 aliphatic rings. The topological polar surface area (TPSA) is 55.8 Å². The molecule has 5 heteroatoms. The van der Waals surface area contributed by atoms with Crippen LogP contribution in [0.5, 0.6) is 5.75 Å². The lowest BCUT2D eigenvalue weighted by Gasteiger charge is -2.19. The molecule has 0 aliphatic heterocycles. The second-order valence-corrected chi connectivity index (χ2v) is 3.93. The van der Waals surface area contributed by atoms with Crippen molar-refractivity contribution in [2.24, 2.45) is 0 Å². The summed E-state index contributed by atoms with van der Waals surface area (Å²) in [6, 6.07) is 7.23. The normalized spacial score (nSPS) is 9.84. The summed E-state index contributed by atoms with van der Waals surface area (Å²) in [5.41, 5.74) is 0.679. The fourth-order valence-electron chi connectivity index (χ4n) is 1.65. The minimum absolute atomic E-state index is 0.0894. The van der Waals surface area contributed by atoms with Crippen molar-refractivity contribution in [3.05, 3.63) is 24.3 Å². The molecule has 1 aromatic carbocycles. The molecule has 0 heterocycles. The van der Waals surface area contributed by atoms with Crippen LogP contribution in [0.4, 0.5) is 5.69 Å². The van der Waals surface area contributed by atoms with E-state index in [1.54, 1.807) is 33.2 Å². The summed E-state index contributed by atoms with van der Waals surface area (Å²) in [4.78, 5) is 24.7. The number of methoxy groups -OCH3 is 1. The largest absolute Gasteiger partial charge is 0.495 e. The van der Waals surface area contributed by atoms with Crippen LogP contribution in [0.2, 0.25) is 0 Å². The Morgan fingerprint density at radius 1 is 1.21 bits per heavy atom. The van der Waals surface area contributed by atoms with E-state index in [2.05, 4.69) is 0 Å². The Morgan fingerprint density at radius 3 is 2.53 bits per heavy atom. The fourth-order valence-corrected chi connectivity index (χ4v) is 1.65. The van der Waals surface area contributed by atoms with Gasteiger partial charge >= 0.3 is 5.97 Å². The van der Waals surface area contributed by atoms with Crippen LogP contribution < -0.4 is 9.64 Å². The number of anilines is 1. The molecule has 1 aromatic rings. The Kier molecular flexibility index (Phi) is 5.85. The highest BCUT2D eigenvalue weighted by Gasteiger charge is 2.16. The number of hydrogen-bond acceptors (Lipinski definition) is 4. The SMILES string of the molecule is CCOC(=O)CCC(=O)N(C)c1ccccc1OC. The van der Waals surface area contributed by atoms with E-state index in [9.17, 15) is 9.59 Å². The molecule has 1 rings (SSSR count). The highest BCUT2D eigenvalue weighted by atomic mass is 16.5. The van der Waals surface area contributed by atoms with Gasteiger partial charge in [-0.15, -0.1) is 0 Å². The molecule has 0 spiro atoms. The van der Waals surface area contributed by atoms with Gasteiger partial charge in [0.2, 0.25) is 5.91 Å². The number of carbonyl (C=O) groups excluding carboxylic acids is 2. The zero-order valence-corrected chi connectivity index (χ0v) is 11.5. The van der Waals surface area contributed by atoms with E-state index in [1.807, 2.05) is 12.1 Å². The van der Waals surface area contributed by atoms with Gasteiger partial charge in [-0.1, -0.05) is 12.1 Å². The quantitative estimate of drug-likeness (QED) is 0.738. The number of para-hydroxylation sites is 2. The summed E-state index contributed by atoms with van der Waals surface area (Å²) in [5, 5.41) is 0. The second kappa shape index (κ2) is 7.41. The molecule has 5 nitrogen and oxygen atoms in total. The van der Waals surface area contributed by atoms with E-state index >= 15 is 0 Å². The third-order valence-corrected chi connectivity index (χ3v) is 2.67. The number of amides is 1. The van der Waals surface area contributed by atoms with Crippen LogP contribution in [0.3, 0.4) is 0 Å². The van der Waals surface area contributed by atoms with Gasteiger partial charge in [-0.25, -0.2) is 0 Å². The zero-order chi connectivity index (χ0) is 14.3. The number of carbonyl (C=O) groups is 2. The first-order valence-electron chi connectivity index (χ1n) is 6.15. The van der Waals surface area contributed by atoms with E-state index in [0.29, 0.717) is 18.0 Å². The Balaban J connectivity index is 2.64. The summed E-state index contributed by atoms with van der Waals surface area (Å²) < 4.78 is 9.98. The van der Waals surface area contributed by atoms with Gasteiger partial charge in [-0.2, -0.15) is 0 Å². The van der Waals surface area contributed by atoms with Gasteiger partial charge in [0.15, 0.2) is 0 Å². The van der Waals surface area contributed by atoms with Crippen LogP contribution in [-0.2, 0) is 14.3 Å². The maximum absolute atomic E-state index is 12.0. The second-order valence-electron chi connectivity index (χ2n) is 3.93. The van der Waals surface area contributed by atoms with Crippen molar-refractivity contribution in [2.45, 2.75) is 19.8 Å². The Hall–Kier alpha value is -2.04. The number of benzene rings is 1. The lowest BCUT2D eigenvalue weighted by atomic mass is 10.2. The summed E-state index contributed by atoms with van der Waals surface area (Å²) in [6.07, 6.45) is 0.208. The molecule has 0 atom stereocenters. The van der Waals surface area contributed by atoms with E-state index < -0.39 is 0 Å². The molecule has 0 radical (unpaired) electrons. The molecule has 0 N–H and O–H groups in total. The molecular formula is C14H19NO4. The van der Waals surface area contributed by atoms with Gasteiger partial charge in [-0.3, -0.25) is 9.59 Å². The molecule has 19 heavy (non-hydrogen) atoms. The number of esters is 1. The molecule has 104 valence electrons. The van der Waals surface area contributed by atoms with Crippen molar-refractivity contribution >= 4 is 17.6 Å². The molecule has 0 saturated carbocycles. The number of rotatable bonds is 6. The van der Waals surface area contributed by atoms with E-state index in [1.165, 1.54) is 4.90 Å². The first kappa shape index (κ1) is 15.0. The Morgan fingerprint density at radius 2 is 1.89 bits per heavy atom. The molecule has 0 unspecified atom stereocenters. The van der Waals surface area contributed by atoms with Crippen LogP contribution in [0.15, 0.2) is 24.3 Å². The number of ether oxygens (including phenoxy) is 2. The summed E-state index contributed by atoms with van der Waals surface area (Å²) >= 11 is 0. The predicted molar refractivity (Wildman–Crippen MR) is 72.3 cm³/mol. The molecular weight excluding hydrogens is 246 g/mol. The molecule has 0 aliphatic carbocycles. The van der Waals surface area contributed by atoms with Crippen LogP contribution in [0.1, 0.15) is 19.8 Å². The van der Waals surface area contributed by atoms with Gasteiger partial charge in [0, 0.05) is 13.5 Å². The van der Waals surface area contributed by atoms with E-state index in [-0.39, 0.29) is 24.7 Å². The predicted octanol–water partition coefficient (Wildman–Crippen LogP) is 2.00. The van der Waals surface area contributed by atoms with Gasteiger partial charge in [-0.05, 0) is 19.1 Å². The van der Waals surface area contributed by atoms with Crippen molar-refractivity contribution in [1.82, 2.24) is 0 Å². The molecule has 0 fully saturated rings. The molecule has 0 aromatic heterocycles. The third-order valence-electron chi connectivity index (χ3n) is 2.67. The molecule has 1 amide bonds. The summed E-state index contributed by atoms with van der Waals surface area (Å²) in [5.74, 6) is 0.108. The monoisotopic (exact) mass is 265 g/mol. The molecule has 0 saturated heterocycles. The highest BCUT2D eigenvalue weighted by Crippen LogP contribution is 2.27. The van der Waals surface area contributed by atoms with Crippen LogP contribution >= 0.6 is 0 Å². The average Bonchev–Trinajstić information content (AvgIpc) is 2.44. The third kappa shape index (κ3) is 4.28. The first-order valence-corrected chi connectivity index (χ1v) is 6.15. The van der Waals surface area contributed by atoms with Gasteiger partial charge < -0.3 is 14.4 Å². The fraction of sp³-hybridized carbons (Fsp3) is 0.429. The minimum atomic E-state index is -0.357. The van der Waals surface area contributed by atoms with Crippen molar-refractivity contribution in [3.8, 4) is 5.75 Å². The van der Waals surface area contributed by atoms with Crippen LogP contribution in [0, 0.1) is 0 Å². The number of nitrogens with zero attached hydrogens (tertiary/aromatic N) is 1. The van der Waals surface area contributed by atoms with Crippen molar-refractivity contribution in [1.29, 1.82) is 0 Å². The maximum Gasteiger partial charge on any atom is 0.306 e. The number of hydrogen-bond donors (Lipinski definition) is 0.